The van der Waals surface area contributed by atoms with Crippen LogP contribution in [0.2, 0.25) is 0 Å². The Morgan fingerprint density at radius 3 is 2.27 bits per heavy atom. The van der Waals surface area contributed by atoms with Gasteiger partial charge in [0, 0.05) is 17.1 Å². The molecule has 0 saturated carbocycles. The van der Waals surface area contributed by atoms with E-state index in [1.807, 2.05) is 42.7 Å². The zero-order valence-electron chi connectivity index (χ0n) is 17.5. The van der Waals surface area contributed by atoms with Gasteiger partial charge in [-0.3, -0.25) is 4.79 Å². The summed E-state index contributed by atoms with van der Waals surface area (Å²) in [5, 5.41) is 9.97. The molecule has 1 aliphatic rings. The predicted molar refractivity (Wildman–Crippen MR) is 110 cm³/mol. The van der Waals surface area contributed by atoms with Gasteiger partial charge < -0.3 is 24.5 Å². The van der Waals surface area contributed by atoms with Crippen LogP contribution in [0.1, 0.15) is 21.9 Å². The number of aliphatic carboxylic acids is 1. The lowest BCUT2D eigenvalue weighted by Gasteiger charge is -2.17. The first-order valence-electron chi connectivity index (χ1n) is 9.55. The van der Waals surface area contributed by atoms with E-state index in [9.17, 15) is 18.0 Å². The third-order valence-corrected chi connectivity index (χ3v) is 4.54. The quantitative estimate of drug-likeness (QED) is 0.609. The molecule has 0 atom stereocenters. The Bertz CT molecular complexity index is 1160. The van der Waals surface area contributed by atoms with Crippen LogP contribution < -0.4 is 14.8 Å². The Morgan fingerprint density at radius 2 is 1.70 bits per heavy atom. The maximum absolute atomic E-state index is 12.4. The summed E-state index contributed by atoms with van der Waals surface area (Å²) in [6.45, 7) is 4.91. The number of hydrogen-bond donors (Lipinski definition) is 2. The van der Waals surface area contributed by atoms with Gasteiger partial charge in [0.25, 0.3) is 11.8 Å². The smallest absolute Gasteiger partial charge is 0.484 e. The average Bonchev–Trinajstić information content (AvgIpc) is 3.12. The van der Waals surface area contributed by atoms with Gasteiger partial charge in [0.05, 0.1) is 12.0 Å². The Kier molecular flexibility index (Phi) is 6.85. The van der Waals surface area contributed by atoms with Crippen LogP contribution >= 0.6 is 0 Å². The lowest BCUT2D eigenvalue weighted by molar-refractivity contribution is -0.192. The molecule has 174 valence electrons. The number of imidazole rings is 1. The zero-order chi connectivity index (χ0) is 24.2. The highest BCUT2D eigenvalue weighted by Gasteiger charge is 2.38. The Labute approximate surface area is 185 Å². The van der Waals surface area contributed by atoms with Crippen molar-refractivity contribution in [2.45, 2.75) is 20.0 Å². The third-order valence-electron chi connectivity index (χ3n) is 4.54. The van der Waals surface area contributed by atoms with Crippen molar-refractivity contribution in [3.05, 3.63) is 59.8 Å². The number of halogens is 3. The number of benzene rings is 1. The minimum absolute atomic E-state index is 0.277. The summed E-state index contributed by atoms with van der Waals surface area (Å²) >= 11 is 0. The molecular formula is C21H19F3N4O5. The summed E-state index contributed by atoms with van der Waals surface area (Å²) in [4.78, 5) is 29.8. The summed E-state index contributed by atoms with van der Waals surface area (Å²) in [7, 11) is 0. The Morgan fingerprint density at radius 1 is 1.06 bits per heavy atom. The van der Waals surface area contributed by atoms with Crippen LogP contribution in [-0.2, 0) is 4.79 Å². The molecule has 33 heavy (non-hydrogen) atoms. The molecule has 3 heterocycles. The van der Waals surface area contributed by atoms with Gasteiger partial charge >= 0.3 is 12.1 Å². The maximum atomic E-state index is 12.4. The number of aromatic nitrogens is 3. The van der Waals surface area contributed by atoms with E-state index in [1.54, 1.807) is 18.5 Å². The van der Waals surface area contributed by atoms with Gasteiger partial charge in [0.2, 0.25) is 0 Å². The molecule has 0 saturated heterocycles. The second-order valence-corrected chi connectivity index (χ2v) is 6.79. The van der Waals surface area contributed by atoms with E-state index >= 15 is 0 Å². The van der Waals surface area contributed by atoms with Gasteiger partial charge in [0.1, 0.15) is 18.9 Å². The fourth-order valence-corrected chi connectivity index (χ4v) is 2.72. The molecule has 1 aliphatic heterocycles. The SMILES string of the molecule is Cc1ncn(-c2ccc(NC(=O)c3ccc4c(n3)OCCO4)cc2)c1C.O=C(O)C(F)(F)F. The molecule has 0 spiro atoms. The maximum Gasteiger partial charge on any atom is 0.490 e. The number of carbonyl (C=O) groups is 2. The number of hydrogen-bond acceptors (Lipinski definition) is 6. The number of fused-ring (bicyclic) bond motifs is 1. The number of nitrogens with one attached hydrogen (secondary N) is 1. The highest BCUT2D eigenvalue weighted by atomic mass is 19.4. The number of carboxylic acids is 1. The number of pyridine rings is 1. The van der Waals surface area contributed by atoms with Crippen LogP contribution in [0.25, 0.3) is 5.69 Å². The molecule has 0 fully saturated rings. The highest BCUT2D eigenvalue weighted by molar-refractivity contribution is 6.03. The van der Waals surface area contributed by atoms with Crippen LogP contribution in [0, 0.1) is 13.8 Å². The topological polar surface area (TPSA) is 116 Å². The van der Waals surface area contributed by atoms with Crippen molar-refractivity contribution in [3.8, 4) is 17.3 Å². The predicted octanol–water partition coefficient (Wildman–Crippen LogP) is 3.54. The number of aryl methyl sites for hydroxylation is 1. The second kappa shape index (κ2) is 9.59. The summed E-state index contributed by atoms with van der Waals surface area (Å²) in [5.74, 6) is -2.15. The number of carbonyl (C=O) groups excluding carboxylic acids is 1. The van der Waals surface area contributed by atoms with E-state index < -0.39 is 12.1 Å². The van der Waals surface area contributed by atoms with Gasteiger partial charge in [-0.1, -0.05) is 0 Å². The number of rotatable bonds is 3. The van der Waals surface area contributed by atoms with Crippen molar-refractivity contribution in [1.82, 2.24) is 14.5 Å². The summed E-state index contributed by atoms with van der Waals surface area (Å²) in [6, 6.07) is 10.9. The first-order valence-corrected chi connectivity index (χ1v) is 9.55. The number of alkyl halides is 3. The van der Waals surface area contributed by atoms with E-state index in [4.69, 9.17) is 19.4 Å². The average molecular weight is 464 g/mol. The van der Waals surface area contributed by atoms with Crippen molar-refractivity contribution in [3.63, 3.8) is 0 Å². The highest BCUT2D eigenvalue weighted by Crippen LogP contribution is 2.27. The molecular weight excluding hydrogens is 445 g/mol. The number of carboxylic acid groups (broad SMARTS) is 1. The lowest BCUT2D eigenvalue weighted by atomic mass is 10.2. The molecule has 0 bridgehead atoms. The lowest BCUT2D eigenvalue weighted by Crippen LogP contribution is -2.21. The summed E-state index contributed by atoms with van der Waals surface area (Å²) < 4.78 is 44.6. The van der Waals surface area contributed by atoms with E-state index in [1.165, 1.54) is 0 Å². The summed E-state index contributed by atoms with van der Waals surface area (Å²) in [5.41, 5.74) is 4.03. The van der Waals surface area contributed by atoms with Crippen LogP contribution in [-0.4, -0.2) is 50.9 Å². The van der Waals surface area contributed by atoms with E-state index in [0.717, 1.165) is 17.1 Å². The van der Waals surface area contributed by atoms with Gasteiger partial charge in [0.15, 0.2) is 5.75 Å². The van der Waals surface area contributed by atoms with Crippen LogP contribution in [0.3, 0.4) is 0 Å². The molecule has 0 radical (unpaired) electrons. The molecule has 1 aromatic carbocycles. The van der Waals surface area contributed by atoms with E-state index in [-0.39, 0.29) is 11.6 Å². The molecule has 12 heteroatoms. The van der Waals surface area contributed by atoms with Gasteiger partial charge in [-0.05, 0) is 50.2 Å². The van der Waals surface area contributed by atoms with Crippen molar-refractivity contribution in [2.24, 2.45) is 0 Å². The van der Waals surface area contributed by atoms with Crippen molar-refractivity contribution < 1.29 is 37.3 Å². The molecule has 1 amide bonds. The van der Waals surface area contributed by atoms with E-state index in [2.05, 4.69) is 15.3 Å². The minimum atomic E-state index is -5.08. The Balaban J connectivity index is 0.000000383. The molecule has 4 rings (SSSR count). The fraction of sp³-hybridized carbons (Fsp3) is 0.238. The molecule has 3 aromatic rings. The zero-order valence-corrected chi connectivity index (χ0v) is 17.5. The molecule has 2 N–H and O–H groups in total. The first-order chi connectivity index (χ1) is 15.6. The van der Waals surface area contributed by atoms with Gasteiger partial charge in [-0.25, -0.2) is 14.8 Å². The molecule has 9 nitrogen and oxygen atoms in total. The van der Waals surface area contributed by atoms with E-state index in [0.29, 0.717) is 30.5 Å². The van der Waals surface area contributed by atoms with Crippen LogP contribution in [0.4, 0.5) is 18.9 Å². The number of amides is 1. The number of nitrogens with zero attached hydrogens (tertiary/aromatic N) is 3. The van der Waals surface area contributed by atoms with Gasteiger partial charge in [-0.2, -0.15) is 13.2 Å². The minimum Gasteiger partial charge on any atom is -0.484 e. The van der Waals surface area contributed by atoms with Crippen molar-refractivity contribution in [1.29, 1.82) is 0 Å². The monoisotopic (exact) mass is 464 g/mol. The Hall–Kier alpha value is -4.09. The number of anilines is 1. The molecule has 0 unspecified atom stereocenters. The van der Waals surface area contributed by atoms with Crippen molar-refractivity contribution >= 4 is 17.6 Å². The van der Waals surface area contributed by atoms with Crippen LogP contribution in [0.5, 0.6) is 11.6 Å². The first kappa shape index (κ1) is 23.6. The summed E-state index contributed by atoms with van der Waals surface area (Å²) in [6.07, 6.45) is -3.29. The molecule has 0 aliphatic carbocycles. The normalized spacial score (nSPS) is 12.4. The third kappa shape index (κ3) is 5.79. The largest absolute Gasteiger partial charge is 0.490 e. The van der Waals surface area contributed by atoms with Crippen LogP contribution in [0.15, 0.2) is 42.7 Å². The second-order valence-electron chi connectivity index (χ2n) is 6.79. The number of ether oxygens (including phenoxy) is 2. The fourth-order valence-electron chi connectivity index (χ4n) is 2.72. The van der Waals surface area contributed by atoms with Crippen molar-refractivity contribution in [2.75, 3.05) is 18.5 Å². The molecule has 2 aromatic heterocycles. The van der Waals surface area contributed by atoms with Gasteiger partial charge in [-0.15, -0.1) is 0 Å². The standard InChI is InChI=1S/C19H18N4O3.C2HF3O2/c1-12-13(2)23(11-20-12)15-5-3-14(4-6-15)21-18(24)16-7-8-17-19(22-16)26-10-9-25-17;3-2(4,5)1(6)7/h3-8,11H,9-10H2,1-2H3,(H,21,24);(H,6,7).